The number of nitrogens with two attached hydrogens (primary N) is 1. The molecule has 1 heterocycles. The van der Waals surface area contributed by atoms with E-state index in [9.17, 15) is 0 Å². The quantitative estimate of drug-likeness (QED) is 0.635. The highest BCUT2D eigenvalue weighted by Crippen LogP contribution is 2.07. The molecule has 0 atom stereocenters. The molecular weight excluding hydrogens is 150 g/mol. The summed E-state index contributed by atoms with van der Waals surface area (Å²) in [7, 11) is 0. The van der Waals surface area contributed by atoms with Gasteiger partial charge in [-0.05, 0) is 18.6 Å². The van der Waals surface area contributed by atoms with Gasteiger partial charge < -0.3 is 5.73 Å². The van der Waals surface area contributed by atoms with Crippen LogP contribution >= 0.6 is 0 Å². The van der Waals surface area contributed by atoms with Gasteiger partial charge in [-0.15, -0.1) is 0 Å². The summed E-state index contributed by atoms with van der Waals surface area (Å²) >= 11 is 0. The van der Waals surface area contributed by atoms with Crippen LogP contribution in [-0.2, 0) is 0 Å². The first-order valence-corrected chi connectivity index (χ1v) is 3.86. The maximum absolute atomic E-state index is 8.42. The molecule has 1 rings (SSSR count). The molecule has 0 amide bonds. The number of nitrogen functional groups attached to an aromatic ring is 1. The molecule has 0 spiro atoms. The predicted octanol–water partition coefficient (Wildman–Crippen LogP) is 1.87. The fourth-order valence-corrected chi connectivity index (χ4v) is 0.647. The van der Waals surface area contributed by atoms with E-state index in [0.29, 0.717) is 11.4 Å². The van der Waals surface area contributed by atoms with E-state index in [1.165, 1.54) is 6.20 Å². The van der Waals surface area contributed by atoms with Gasteiger partial charge in [-0.1, -0.05) is 13.8 Å². The van der Waals surface area contributed by atoms with E-state index in [-0.39, 0.29) is 0 Å². The molecule has 0 aliphatic carbocycles. The lowest BCUT2D eigenvalue weighted by Gasteiger charge is -1.95. The van der Waals surface area contributed by atoms with Gasteiger partial charge in [-0.3, -0.25) is 0 Å². The molecular formula is C9H13N3. The van der Waals surface area contributed by atoms with Crippen molar-refractivity contribution in [1.29, 1.82) is 5.26 Å². The van der Waals surface area contributed by atoms with Gasteiger partial charge in [-0.25, -0.2) is 4.98 Å². The summed E-state index contributed by atoms with van der Waals surface area (Å²) in [5, 5.41) is 8.42. The zero-order valence-electron chi connectivity index (χ0n) is 7.63. The number of hydrogen-bond donors (Lipinski definition) is 1. The monoisotopic (exact) mass is 163 g/mol. The Balaban J connectivity index is 0.000000561. The minimum atomic E-state index is 0.485. The largest absolute Gasteiger partial charge is 0.383 e. The SMILES string of the molecule is CC.Cc1cc(C#N)cnc1N. The molecule has 0 saturated carbocycles. The number of aryl methyl sites for hydroxylation is 1. The number of nitrogens with zero attached hydrogens (tertiary/aromatic N) is 2. The molecule has 1 aromatic heterocycles. The number of pyridine rings is 1. The second-order valence-corrected chi connectivity index (χ2v) is 2.04. The van der Waals surface area contributed by atoms with Crippen LogP contribution in [0, 0.1) is 18.3 Å². The third-order valence-electron chi connectivity index (χ3n) is 1.25. The summed E-state index contributed by atoms with van der Waals surface area (Å²) in [5.74, 6) is 0.485. The number of rotatable bonds is 0. The number of anilines is 1. The highest BCUT2D eigenvalue weighted by Gasteiger charge is 1.94. The average Bonchev–Trinajstić information content (AvgIpc) is 2.13. The van der Waals surface area contributed by atoms with Crippen molar-refractivity contribution in [3.8, 4) is 6.07 Å². The van der Waals surface area contributed by atoms with Crippen LogP contribution in [0.3, 0.4) is 0 Å². The van der Waals surface area contributed by atoms with E-state index in [0.717, 1.165) is 5.56 Å². The first kappa shape index (κ1) is 10.4. The molecule has 3 nitrogen and oxygen atoms in total. The number of nitriles is 1. The van der Waals surface area contributed by atoms with E-state index in [2.05, 4.69) is 4.98 Å². The molecule has 0 bridgehead atoms. The second kappa shape index (κ2) is 5.14. The van der Waals surface area contributed by atoms with Gasteiger partial charge in [0.2, 0.25) is 0 Å². The summed E-state index contributed by atoms with van der Waals surface area (Å²) in [5.41, 5.74) is 6.82. The zero-order chi connectivity index (χ0) is 9.56. The van der Waals surface area contributed by atoms with Gasteiger partial charge >= 0.3 is 0 Å². The molecule has 0 aliphatic rings. The van der Waals surface area contributed by atoms with Crippen molar-refractivity contribution in [2.45, 2.75) is 20.8 Å². The number of aromatic nitrogens is 1. The van der Waals surface area contributed by atoms with Crippen molar-refractivity contribution in [3.05, 3.63) is 23.4 Å². The van der Waals surface area contributed by atoms with E-state index in [1.807, 2.05) is 26.8 Å². The van der Waals surface area contributed by atoms with Crippen LogP contribution in [0.15, 0.2) is 12.3 Å². The minimum absolute atomic E-state index is 0.485. The van der Waals surface area contributed by atoms with Crippen LogP contribution in [0.5, 0.6) is 0 Å². The summed E-state index contributed by atoms with van der Waals surface area (Å²) in [6.45, 7) is 5.82. The van der Waals surface area contributed by atoms with Crippen molar-refractivity contribution < 1.29 is 0 Å². The van der Waals surface area contributed by atoms with Crippen LogP contribution in [0.1, 0.15) is 25.0 Å². The fraction of sp³-hybridized carbons (Fsp3) is 0.333. The third-order valence-corrected chi connectivity index (χ3v) is 1.25. The summed E-state index contributed by atoms with van der Waals surface area (Å²) in [6.07, 6.45) is 1.46. The Morgan fingerprint density at radius 1 is 1.50 bits per heavy atom. The van der Waals surface area contributed by atoms with Gasteiger partial charge in [-0.2, -0.15) is 5.26 Å². The van der Waals surface area contributed by atoms with Crippen LogP contribution in [0.2, 0.25) is 0 Å². The lowest BCUT2D eigenvalue weighted by atomic mass is 10.2. The van der Waals surface area contributed by atoms with Crippen LogP contribution in [0.4, 0.5) is 5.82 Å². The maximum atomic E-state index is 8.42. The van der Waals surface area contributed by atoms with Crippen LogP contribution < -0.4 is 5.73 Å². The molecule has 0 fully saturated rings. The first-order chi connectivity index (χ1) is 5.74. The van der Waals surface area contributed by atoms with Gasteiger partial charge in [0.15, 0.2) is 0 Å². The van der Waals surface area contributed by atoms with Crippen molar-refractivity contribution in [3.63, 3.8) is 0 Å². The Hall–Kier alpha value is -1.56. The Bertz CT molecular complexity index is 286. The highest BCUT2D eigenvalue weighted by atomic mass is 14.8. The molecule has 0 unspecified atom stereocenters. The van der Waals surface area contributed by atoms with Gasteiger partial charge in [0, 0.05) is 6.20 Å². The number of hydrogen-bond acceptors (Lipinski definition) is 3. The third kappa shape index (κ3) is 2.59. The zero-order valence-corrected chi connectivity index (χ0v) is 7.63. The Morgan fingerprint density at radius 3 is 2.50 bits per heavy atom. The highest BCUT2D eigenvalue weighted by molar-refractivity contribution is 5.42. The van der Waals surface area contributed by atoms with E-state index in [4.69, 9.17) is 11.0 Å². The summed E-state index contributed by atoms with van der Waals surface area (Å²) in [4.78, 5) is 3.80. The van der Waals surface area contributed by atoms with E-state index < -0.39 is 0 Å². The topological polar surface area (TPSA) is 62.7 Å². The van der Waals surface area contributed by atoms with E-state index in [1.54, 1.807) is 6.07 Å². The molecule has 0 aliphatic heterocycles. The van der Waals surface area contributed by atoms with Crippen LogP contribution in [0.25, 0.3) is 0 Å². The van der Waals surface area contributed by atoms with Gasteiger partial charge in [0.1, 0.15) is 11.9 Å². The van der Waals surface area contributed by atoms with Crippen molar-refractivity contribution in [2.75, 3.05) is 5.73 Å². The molecule has 64 valence electrons. The molecule has 0 aromatic carbocycles. The molecule has 3 heteroatoms. The van der Waals surface area contributed by atoms with Crippen molar-refractivity contribution in [2.24, 2.45) is 0 Å². The van der Waals surface area contributed by atoms with Crippen LogP contribution in [-0.4, -0.2) is 4.98 Å². The predicted molar refractivity (Wildman–Crippen MR) is 49.4 cm³/mol. The molecule has 1 aromatic rings. The van der Waals surface area contributed by atoms with Gasteiger partial charge in [0.05, 0.1) is 5.56 Å². The normalized spacial score (nSPS) is 7.83. The second-order valence-electron chi connectivity index (χ2n) is 2.04. The minimum Gasteiger partial charge on any atom is -0.383 e. The van der Waals surface area contributed by atoms with E-state index >= 15 is 0 Å². The Kier molecular flexibility index (Phi) is 4.47. The average molecular weight is 163 g/mol. The lowest BCUT2D eigenvalue weighted by Crippen LogP contribution is -1.93. The summed E-state index contributed by atoms with van der Waals surface area (Å²) in [6, 6.07) is 3.69. The molecule has 0 saturated heterocycles. The fourth-order valence-electron chi connectivity index (χ4n) is 0.647. The molecule has 12 heavy (non-hydrogen) atoms. The smallest absolute Gasteiger partial charge is 0.126 e. The van der Waals surface area contributed by atoms with Crippen molar-refractivity contribution >= 4 is 5.82 Å². The Labute approximate surface area is 72.8 Å². The first-order valence-electron chi connectivity index (χ1n) is 3.86. The standard InChI is InChI=1S/C7H7N3.C2H6/c1-5-2-6(3-8)4-10-7(5)9;1-2/h2,4H,1H3,(H2,9,10);1-2H3. The Morgan fingerprint density at radius 2 is 2.08 bits per heavy atom. The summed E-state index contributed by atoms with van der Waals surface area (Å²) < 4.78 is 0. The lowest BCUT2D eigenvalue weighted by molar-refractivity contribution is 1.26. The van der Waals surface area contributed by atoms with Gasteiger partial charge in [0.25, 0.3) is 0 Å². The van der Waals surface area contributed by atoms with Crippen molar-refractivity contribution in [1.82, 2.24) is 4.98 Å². The molecule has 2 N–H and O–H groups in total. The molecule has 0 radical (unpaired) electrons. The maximum Gasteiger partial charge on any atom is 0.126 e.